The third-order valence-electron chi connectivity index (χ3n) is 6.07. The SMILES string of the molecule is CCC(C)C(=O)OC1(C2CCCCC2)CC(C(F)(F)F)OC(O)(C(F)(F)F)C1(F)F. The van der Waals surface area contributed by atoms with Gasteiger partial charge in [0.2, 0.25) is 0 Å². The predicted molar refractivity (Wildman–Crippen MR) is 86.3 cm³/mol. The summed E-state index contributed by atoms with van der Waals surface area (Å²) in [5.41, 5.74) is -3.53. The lowest BCUT2D eigenvalue weighted by molar-refractivity contribution is -0.502. The van der Waals surface area contributed by atoms with Crippen LogP contribution in [0, 0.1) is 11.8 Å². The number of hydrogen-bond donors (Lipinski definition) is 1. The van der Waals surface area contributed by atoms with Crippen LogP contribution in [0.15, 0.2) is 0 Å². The van der Waals surface area contributed by atoms with Crippen LogP contribution in [-0.4, -0.2) is 46.8 Å². The van der Waals surface area contributed by atoms with Gasteiger partial charge >= 0.3 is 30.0 Å². The zero-order valence-corrected chi connectivity index (χ0v) is 16.4. The molecule has 1 heterocycles. The summed E-state index contributed by atoms with van der Waals surface area (Å²) in [7, 11) is 0. The number of esters is 1. The minimum absolute atomic E-state index is 0.0634. The van der Waals surface area contributed by atoms with Gasteiger partial charge in [0.05, 0.1) is 5.92 Å². The Hall–Kier alpha value is -1.17. The lowest BCUT2D eigenvalue weighted by atomic mass is 9.67. The summed E-state index contributed by atoms with van der Waals surface area (Å²) in [6.07, 6.45) is -16.2. The standard InChI is InChI=1S/C18H24F8O4/c1-3-10(2)13(27)30-14(11-7-5-4-6-8-11)9-12(15(19,20)21)29-17(28,16(14,22)23)18(24,25)26/h10-12,28H,3-9H2,1-2H3. The highest BCUT2D eigenvalue weighted by Gasteiger charge is 2.85. The molecule has 176 valence electrons. The van der Waals surface area contributed by atoms with Gasteiger partial charge in [-0.2, -0.15) is 35.1 Å². The van der Waals surface area contributed by atoms with Gasteiger partial charge in [0, 0.05) is 12.3 Å². The minimum atomic E-state index is -6.29. The molecule has 1 saturated carbocycles. The Balaban J connectivity index is 2.71. The van der Waals surface area contributed by atoms with Gasteiger partial charge < -0.3 is 14.6 Å². The van der Waals surface area contributed by atoms with E-state index in [-0.39, 0.29) is 32.1 Å². The van der Waals surface area contributed by atoms with Gasteiger partial charge in [0.15, 0.2) is 11.7 Å². The first-order valence-electron chi connectivity index (χ1n) is 9.67. The number of carbonyl (C=O) groups excluding carboxylic acids is 1. The van der Waals surface area contributed by atoms with E-state index in [2.05, 4.69) is 4.74 Å². The lowest BCUT2D eigenvalue weighted by Crippen LogP contribution is -2.78. The van der Waals surface area contributed by atoms with E-state index in [4.69, 9.17) is 4.74 Å². The van der Waals surface area contributed by atoms with E-state index in [0.29, 0.717) is 6.42 Å². The molecule has 0 spiro atoms. The summed E-state index contributed by atoms with van der Waals surface area (Å²) in [6.45, 7) is 2.73. The van der Waals surface area contributed by atoms with Crippen LogP contribution in [0.1, 0.15) is 58.8 Å². The molecule has 4 unspecified atom stereocenters. The highest BCUT2D eigenvalue weighted by molar-refractivity contribution is 5.72. The molecule has 1 aliphatic carbocycles. The number of ether oxygens (including phenoxy) is 2. The van der Waals surface area contributed by atoms with E-state index in [9.17, 15) is 36.2 Å². The van der Waals surface area contributed by atoms with Gasteiger partial charge in [0.25, 0.3) is 0 Å². The second-order valence-electron chi connectivity index (χ2n) is 8.02. The second kappa shape index (κ2) is 8.07. The fourth-order valence-electron chi connectivity index (χ4n) is 4.07. The van der Waals surface area contributed by atoms with Crippen molar-refractivity contribution >= 4 is 5.97 Å². The Morgan fingerprint density at radius 1 is 1.13 bits per heavy atom. The molecule has 2 aliphatic rings. The summed E-state index contributed by atoms with van der Waals surface area (Å²) in [4.78, 5) is 12.4. The fourth-order valence-corrected chi connectivity index (χ4v) is 4.07. The molecule has 0 aromatic rings. The summed E-state index contributed by atoms with van der Waals surface area (Å²) in [5, 5.41) is 9.86. The molecule has 0 aromatic carbocycles. The molecule has 1 aliphatic heterocycles. The largest absolute Gasteiger partial charge is 0.452 e. The van der Waals surface area contributed by atoms with Crippen molar-refractivity contribution in [2.75, 3.05) is 0 Å². The molecule has 2 fully saturated rings. The Morgan fingerprint density at radius 3 is 2.10 bits per heavy atom. The predicted octanol–water partition coefficient (Wildman–Crippen LogP) is 5.13. The molecule has 4 nitrogen and oxygen atoms in total. The fraction of sp³-hybridized carbons (Fsp3) is 0.944. The van der Waals surface area contributed by atoms with Crippen molar-refractivity contribution in [1.82, 2.24) is 0 Å². The molecule has 0 radical (unpaired) electrons. The first-order valence-corrected chi connectivity index (χ1v) is 9.67. The van der Waals surface area contributed by atoms with Gasteiger partial charge in [-0.15, -0.1) is 0 Å². The number of aliphatic hydroxyl groups is 1. The van der Waals surface area contributed by atoms with Gasteiger partial charge in [-0.3, -0.25) is 4.79 Å². The van der Waals surface area contributed by atoms with Gasteiger partial charge in [0.1, 0.15) is 0 Å². The number of halogens is 8. The van der Waals surface area contributed by atoms with Crippen molar-refractivity contribution < 1.29 is 54.5 Å². The number of alkyl halides is 8. The Bertz CT molecular complexity index is 629. The van der Waals surface area contributed by atoms with E-state index in [1.807, 2.05) is 0 Å². The lowest BCUT2D eigenvalue weighted by Gasteiger charge is -2.56. The number of hydrogen-bond acceptors (Lipinski definition) is 4. The Labute approximate surface area is 167 Å². The van der Waals surface area contributed by atoms with Crippen LogP contribution in [0.2, 0.25) is 0 Å². The van der Waals surface area contributed by atoms with E-state index in [0.717, 1.165) is 0 Å². The maximum absolute atomic E-state index is 15.4. The third-order valence-corrected chi connectivity index (χ3v) is 6.07. The molecule has 0 amide bonds. The first-order chi connectivity index (χ1) is 13.5. The third kappa shape index (κ3) is 4.01. The summed E-state index contributed by atoms with van der Waals surface area (Å²) in [5.74, 6) is -14.8. The zero-order chi connectivity index (χ0) is 23.2. The average Bonchev–Trinajstić information content (AvgIpc) is 2.63. The highest BCUT2D eigenvalue weighted by atomic mass is 19.4. The van der Waals surface area contributed by atoms with E-state index in [1.54, 1.807) is 0 Å². The van der Waals surface area contributed by atoms with Crippen LogP contribution in [0.4, 0.5) is 35.1 Å². The van der Waals surface area contributed by atoms with E-state index >= 15 is 8.78 Å². The van der Waals surface area contributed by atoms with Gasteiger partial charge in [-0.1, -0.05) is 33.1 Å². The molecule has 1 N–H and O–H groups in total. The van der Waals surface area contributed by atoms with Crippen LogP contribution in [0.5, 0.6) is 0 Å². The number of carbonyl (C=O) groups is 1. The minimum Gasteiger partial charge on any atom is -0.452 e. The molecule has 1 saturated heterocycles. The summed E-state index contributed by atoms with van der Waals surface area (Å²) < 4.78 is 120. The smallest absolute Gasteiger partial charge is 0.449 e. The monoisotopic (exact) mass is 456 g/mol. The van der Waals surface area contributed by atoms with Crippen molar-refractivity contribution in [2.24, 2.45) is 11.8 Å². The van der Waals surface area contributed by atoms with Crippen molar-refractivity contribution in [3.05, 3.63) is 0 Å². The maximum Gasteiger partial charge on any atom is 0.449 e. The van der Waals surface area contributed by atoms with Gasteiger partial charge in [-0.25, -0.2) is 0 Å². The first kappa shape index (κ1) is 25.1. The van der Waals surface area contributed by atoms with Crippen LogP contribution in [-0.2, 0) is 14.3 Å². The zero-order valence-electron chi connectivity index (χ0n) is 16.4. The molecule has 0 aromatic heterocycles. The van der Waals surface area contributed by atoms with Crippen LogP contribution in [0.3, 0.4) is 0 Å². The van der Waals surface area contributed by atoms with Gasteiger partial charge in [-0.05, 0) is 19.3 Å². The molecule has 30 heavy (non-hydrogen) atoms. The highest BCUT2D eigenvalue weighted by Crippen LogP contribution is 2.61. The maximum atomic E-state index is 15.4. The summed E-state index contributed by atoms with van der Waals surface area (Å²) >= 11 is 0. The molecular formula is C18H24F8O4. The van der Waals surface area contributed by atoms with Crippen molar-refractivity contribution in [3.63, 3.8) is 0 Å². The van der Waals surface area contributed by atoms with Crippen molar-refractivity contribution in [1.29, 1.82) is 0 Å². The number of rotatable bonds is 4. The molecule has 4 atom stereocenters. The van der Waals surface area contributed by atoms with E-state index < -0.39 is 60.0 Å². The van der Waals surface area contributed by atoms with Crippen LogP contribution < -0.4 is 0 Å². The van der Waals surface area contributed by atoms with Crippen LogP contribution in [0.25, 0.3) is 0 Å². The summed E-state index contributed by atoms with van der Waals surface area (Å²) in [6, 6.07) is 0. The molecule has 12 heteroatoms. The topological polar surface area (TPSA) is 55.8 Å². The van der Waals surface area contributed by atoms with Crippen LogP contribution >= 0.6 is 0 Å². The Morgan fingerprint density at radius 2 is 1.67 bits per heavy atom. The van der Waals surface area contributed by atoms with Crippen molar-refractivity contribution in [3.8, 4) is 0 Å². The Kier molecular flexibility index (Phi) is 6.75. The molecule has 0 bridgehead atoms. The quantitative estimate of drug-likeness (QED) is 0.471. The van der Waals surface area contributed by atoms with E-state index in [1.165, 1.54) is 13.8 Å². The molecular weight excluding hydrogens is 432 g/mol. The normalized spacial score (nSPS) is 34.4. The average molecular weight is 456 g/mol. The molecule has 2 rings (SSSR count). The van der Waals surface area contributed by atoms with Crippen molar-refractivity contribution in [2.45, 2.75) is 94.6 Å². The second-order valence-corrected chi connectivity index (χ2v) is 8.02.